The third-order valence-corrected chi connectivity index (χ3v) is 3.92. The maximum Gasteiger partial charge on any atom is 0.333 e. The van der Waals surface area contributed by atoms with Gasteiger partial charge in [-0.1, -0.05) is 36.4 Å². The van der Waals surface area contributed by atoms with Gasteiger partial charge in [-0.05, 0) is 31.4 Å². The van der Waals surface area contributed by atoms with Gasteiger partial charge in [-0.3, -0.25) is 4.79 Å². The summed E-state index contributed by atoms with van der Waals surface area (Å²) >= 11 is 0. The van der Waals surface area contributed by atoms with Gasteiger partial charge in [-0.25, -0.2) is 4.79 Å². The largest absolute Gasteiger partial charge is 0.466 e. The van der Waals surface area contributed by atoms with Crippen molar-refractivity contribution in [2.45, 2.75) is 26.8 Å². The molecule has 0 aromatic heterocycles. The number of nitrogens with zero attached hydrogens (tertiary/aromatic N) is 1. The molecule has 4 nitrogen and oxygen atoms in total. The van der Waals surface area contributed by atoms with Crippen molar-refractivity contribution >= 4 is 11.9 Å². The quantitative estimate of drug-likeness (QED) is 0.637. The van der Waals surface area contributed by atoms with E-state index in [1.807, 2.05) is 42.2 Å². The lowest BCUT2D eigenvalue weighted by Crippen LogP contribution is -2.38. The standard InChI is InChI=1S/C18H21NO3/c1-4-15-16(13(2)18(21)22-3)10-11-19(17(15)20)12-14-8-6-5-7-9-14/h4-9H,10-12H2,1-3H3. The lowest BCUT2D eigenvalue weighted by atomic mass is 9.92. The first-order valence-corrected chi connectivity index (χ1v) is 7.36. The second kappa shape index (κ2) is 7.07. The Morgan fingerprint density at radius 2 is 2.00 bits per heavy atom. The molecule has 2 rings (SSSR count). The van der Waals surface area contributed by atoms with Crippen molar-refractivity contribution in [2.75, 3.05) is 13.7 Å². The van der Waals surface area contributed by atoms with E-state index in [1.54, 1.807) is 13.0 Å². The van der Waals surface area contributed by atoms with Gasteiger partial charge in [-0.15, -0.1) is 0 Å². The molecule has 1 aliphatic heterocycles. The number of hydrogen-bond acceptors (Lipinski definition) is 3. The minimum absolute atomic E-state index is 0.0316. The normalized spacial score (nSPS) is 19.3. The van der Waals surface area contributed by atoms with Crippen LogP contribution in [-0.4, -0.2) is 30.4 Å². The zero-order valence-corrected chi connectivity index (χ0v) is 13.3. The summed E-state index contributed by atoms with van der Waals surface area (Å²) in [7, 11) is 1.36. The molecule has 0 spiro atoms. The fourth-order valence-electron chi connectivity index (χ4n) is 2.70. The summed E-state index contributed by atoms with van der Waals surface area (Å²) in [6.07, 6.45) is 2.44. The molecule has 1 aliphatic rings. The van der Waals surface area contributed by atoms with E-state index in [1.165, 1.54) is 7.11 Å². The maximum absolute atomic E-state index is 12.7. The molecule has 1 heterocycles. The number of piperidine rings is 1. The van der Waals surface area contributed by atoms with Crippen LogP contribution in [0.25, 0.3) is 0 Å². The first kappa shape index (κ1) is 16.0. The molecule has 0 bridgehead atoms. The number of rotatable bonds is 3. The Kier molecular flexibility index (Phi) is 5.15. The summed E-state index contributed by atoms with van der Waals surface area (Å²) in [5.41, 5.74) is 3.01. The zero-order valence-electron chi connectivity index (χ0n) is 13.3. The highest BCUT2D eigenvalue weighted by Crippen LogP contribution is 2.28. The summed E-state index contributed by atoms with van der Waals surface area (Å²) in [5.74, 6) is -0.408. The van der Waals surface area contributed by atoms with E-state index in [9.17, 15) is 9.59 Å². The number of ether oxygens (including phenoxy) is 1. The maximum atomic E-state index is 12.7. The molecule has 1 aromatic rings. The summed E-state index contributed by atoms with van der Waals surface area (Å²) in [6, 6.07) is 9.90. The van der Waals surface area contributed by atoms with Crippen LogP contribution in [0.2, 0.25) is 0 Å². The van der Waals surface area contributed by atoms with Gasteiger partial charge in [0, 0.05) is 24.2 Å². The monoisotopic (exact) mass is 299 g/mol. The van der Waals surface area contributed by atoms with Crippen LogP contribution in [0.5, 0.6) is 0 Å². The molecule has 22 heavy (non-hydrogen) atoms. The topological polar surface area (TPSA) is 46.6 Å². The zero-order chi connectivity index (χ0) is 16.1. The molecule has 1 aromatic carbocycles. The van der Waals surface area contributed by atoms with Crippen molar-refractivity contribution in [3.8, 4) is 0 Å². The van der Waals surface area contributed by atoms with Gasteiger partial charge in [-0.2, -0.15) is 0 Å². The number of allylic oxidation sites excluding steroid dienone is 1. The first-order chi connectivity index (χ1) is 10.6. The van der Waals surface area contributed by atoms with E-state index in [-0.39, 0.29) is 11.9 Å². The molecular formula is C18H21NO3. The highest BCUT2D eigenvalue weighted by atomic mass is 16.5. The molecule has 1 saturated heterocycles. The van der Waals surface area contributed by atoms with Crippen LogP contribution in [0.15, 0.2) is 53.1 Å². The first-order valence-electron chi connectivity index (χ1n) is 7.36. The summed E-state index contributed by atoms with van der Waals surface area (Å²) < 4.78 is 4.77. The molecule has 116 valence electrons. The van der Waals surface area contributed by atoms with Crippen LogP contribution in [0.3, 0.4) is 0 Å². The molecule has 0 radical (unpaired) electrons. The molecule has 0 saturated carbocycles. The van der Waals surface area contributed by atoms with Crippen molar-refractivity contribution in [1.82, 2.24) is 4.90 Å². The third-order valence-electron chi connectivity index (χ3n) is 3.92. The number of amides is 1. The van der Waals surface area contributed by atoms with E-state index >= 15 is 0 Å². The second-order valence-electron chi connectivity index (χ2n) is 5.26. The highest BCUT2D eigenvalue weighted by molar-refractivity contribution is 6.02. The van der Waals surface area contributed by atoms with Crippen LogP contribution in [0.1, 0.15) is 25.8 Å². The molecule has 0 atom stereocenters. The van der Waals surface area contributed by atoms with Gasteiger partial charge >= 0.3 is 5.97 Å². The smallest absolute Gasteiger partial charge is 0.333 e. The highest BCUT2D eigenvalue weighted by Gasteiger charge is 2.29. The fraction of sp³-hybridized carbons (Fsp3) is 0.333. The van der Waals surface area contributed by atoms with Gasteiger partial charge in [0.15, 0.2) is 0 Å². The predicted molar refractivity (Wildman–Crippen MR) is 84.9 cm³/mol. The number of hydrogen-bond donors (Lipinski definition) is 0. The number of likely N-dealkylation sites (tertiary alicyclic amines) is 1. The Morgan fingerprint density at radius 3 is 2.59 bits per heavy atom. The fourth-order valence-corrected chi connectivity index (χ4v) is 2.70. The SMILES string of the molecule is CC=C1C(=O)N(Cc2ccccc2)CCC1=C(C)C(=O)OC. The van der Waals surface area contributed by atoms with Gasteiger partial charge < -0.3 is 9.64 Å². The lowest BCUT2D eigenvalue weighted by Gasteiger charge is -2.31. The Hall–Kier alpha value is -2.36. The Balaban J connectivity index is 2.23. The number of esters is 1. The number of carbonyl (C=O) groups is 2. The molecule has 0 unspecified atom stereocenters. The molecule has 4 heteroatoms. The minimum Gasteiger partial charge on any atom is -0.466 e. The Labute approximate surface area is 131 Å². The van der Waals surface area contributed by atoms with Crippen LogP contribution in [0.4, 0.5) is 0 Å². The van der Waals surface area contributed by atoms with E-state index in [4.69, 9.17) is 4.74 Å². The van der Waals surface area contributed by atoms with Crippen molar-refractivity contribution < 1.29 is 14.3 Å². The Bertz CT molecular complexity index is 629. The predicted octanol–water partition coefficient (Wildman–Crippen LogP) is 2.85. The van der Waals surface area contributed by atoms with E-state index < -0.39 is 0 Å². The van der Waals surface area contributed by atoms with E-state index in [2.05, 4.69) is 0 Å². The van der Waals surface area contributed by atoms with Gasteiger partial charge in [0.25, 0.3) is 5.91 Å². The molecular weight excluding hydrogens is 278 g/mol. The number of benzene rings is 1. The third kappa shape index (κ3) is 3.27. The Morgan fingerprint density at radius 1 is 1.32 bits per heavy atom. The average molecular weight is 299 g/mol. The molecule has 0 N–H and O–H groups in total. The number of carbonyl (C=O) groups excluding carboxylic acids is 2. The summed E-state index contributed by atoms with van der Waals surface area (Å²) in [6.45, 7) is 4.73. The van der Waals surface area contributed by atoms with Crippen LogP contribution in [-0.2, 0) is 20.9 Å². The average Bonchev–Trinajstić information content (AvgIpc) is 2.56. The van der Waals surface area contributed by atoms with Crippen molar-refractivity contribution in [2.24, 2.45) is 0 Å². The van der Waals surface area contributed by atoms with Gasteiger partial charge in [0.1, 0.15) is 0 Å². The van der Waals surface area contributed by atoms with Gasteiger partial charge in [0.05, 0.1) is 7.11 Å². The molecule has 1 fully saturated rings. The summed E-state index contributed by atoms with van der Waals surface area (Å²) in [4.78, 5) is 26.2. The van der Waals surface area contributed by atoms with Crippen LogP contribution >= 0.6 is 0 Å². The van der Waals surface area contributed by atoms with Crippen molar-refractivity contribution in [3.63, 3.8) is 0 Å². The lowest BCUT2D eigenvalue weighted by molar-refractivity contribution is -0.136. The number of methoxy groups -OCH3 is 1. The van der Waals surface area contributed by atoms with E-state index in [0.717, 1.165) is 11.1 Å². The molecule has 1 amide bonds. The van der Waals surface area contributed by atoms with Gasteiger partial charge in [0.2, 0.25) is 0 Å². The van der Waals surface area contributed by atoms with Crippen LogP contribution in [0, 0.1) is 0 Å². The minimum atomic E-state index is -0.376. The van der Waals surface area contributed by atoms with E-state index in [0.29, 0.717) is 30.7 Å². The van der Waals surface area contributed by atoms with Crippen molar-refractivity contribution in [1.29, 1.82) is 0 Å². The van der Waals surface area contributed by atoms with Crippen LogP contribution < -0.4 is 0 Å². The second-order valence-corrected chi connectivity index (χ2v) is 5.26. The van der Waals surface area contributed by atoms with Crippen molar-refractivity contribution in [3.05, 3.63) is 58.7 Å². The summed E-state index contributed by atoms with van der Waals surface area (Å²) in [5, 5.41) is 0. The molecule has 0 aliphatic carbocycles.